The van der Waals surface area contributed by atoms with Gasteiger partial charge in [-0.2, -0.15) is 0 Å². The molecule has 5 heteroatoms. The second-order valence-corrected chi connectivity index (χ2v) is 6.83. The SMILES string of the molecule is CN(C)CCN1C(=O)CSC1c1cn(C)c2ccccc12. The van der Waals surface area contributed by atoms with Crippen molar-refractivity contribution < 1.29 is 4.79 Å². The molecule has 1 amide bonds. The first-order valence-corrected chi connectivity index (χ1v) is 8.22. The molecule has 3 rings (SSSR count). The van der Waals surface area contributed by atoms with Crippen LogP contribution in [0.25, 0.3) is 10.9 Å². The van der Waals surface area contributed by atoms with Crippen molar-refractivity contribution in [1.29, 1.82) is 0 Å². The lowest BCUT2D eigenvalue weighted by Gasteiger charge is -2.25. The molecule has 21 heavy (non-hydrogen) atoms. The number of thioether (sulfide) groups is 1. The number of amides is 1. The van der Waals surface area contributed by atoms with Crippen molar-refractivity contribution in [2.45, 2.75) is 5.37 Å². The molecule has 0 saturated carbocycles. The highest BCUT2D eigenvalue weighted by atomic mass is 32.2. The number of hydrogen-bond acceptors (Lipinski definition) is 3. The monoisotopic (exact) mass is 303 g/mol. The van der Waals surface area contributed by atoms with Gasteiger partial charge in [0.1, 0.15) is 5.37 Å². The number of likely N-dealkylation sites (N-methyl/N-ethyl adjacent to an activating group) is 1. The van der Waals surface area contributed by atoms with Gasteiger partial charge in [0.15, 0.2) is 0 Å². The van der Waals surface area contributed by atoms with E-state index in [9.17, 15) is 4.79 Å². The Morgan fingerprint density at radius 3 is 2.86 bits per heavy atom. The summed E-state index contributed by atoms with van der Waals surface area (Å²) in [4.78, 5) is 16.3. The van der Waals surface area contributed by atoms with Crippen LogP contribution in [0.3, 0.4) is 0 Å². The molecule has 1 aromatic heterocycles. The number of para-hydroxylation sites is 1. The van der Waals surface area contributed by atoms with Crippen LogP contribution in [0, 0.1) is 0 Å². The van der Waals surface area contributed by atoms with E-state index in [0.717, 1.165) is 13.1 Å². The fourth-order valence-corrected chi connectivity index (χ4v) is 4.07. The molecule has 112 valence electrons. The fraction of sp³-hybridized carbons (Fsp3) is 0.438. The molecule has 0 bridgehead atoms. The van der Waals surface area contributed by atoms with Gasteiger partial charge >= 0.3 is 0 Å². The zero-order valence-corrected chi connectivity index (χ0v) is 13.6. The summed E-state index contributed by atoms with van der Waals surface area (Å²) in [6.07, 6.45) is 2.17. The van der Waals surface area contributed by atoms with Crippen LogP contribution in [-0.2, 0) is 11.8 Å². The summed E-state index contributed by atoms with van der Waals surface area (Å²) in [7, 11) is 6.15. The van der Waals surface area contributed by atoms with Gasteiger partial charge in [0.2, 0.25) is 5.91 Å². The number of carbonyl (C=O) groups is 1. The molecule has 1 unspecified atom stereocenters. The van der Waals surface area contributed by atoms with Gasteiger partial charge in [0.05, 0.1) is 5.75 Å². The summed E-state index contributed by atoms with van der Waals surface area (Å²) >= 11 is 1.74. The highest BCUT2D eigenvalue weighted by Crippen LogP contribution is 2.41. The van der Waals surface area contributed by atoms with Crippen LogP contribution in [-0.4, -0.2) is 53.2 Å². The lowest BCUT2D eigenvalue weighted by atomic mass is 10.1. The second-order valence-electron chi connectivity index (χ2n) is 5.77. The third-order valence-electron chi connectivity index (χ3n) is 3.95. The molecule has 1 fully saturated rings. The van der Waals surface area contributed by atoms with Crippen molar-refractivity contribution in [3.8, 4) is 0 Å². The van der Waals surface area contributed by atoms with E-state index < -0.39 is 0 Å². The molecule has 0 N–H and O–H groups in total. The van der Waals surface area contributed by atoms with Gasteiger partial charge in [-0.3, -0.25) is 4.79 Å². The minimum absolute atomic E-state index is 0.142. The van der Waals surface area contributed by atoms with Crippen LogP contribution in [0.4, 0.5) is 0 Å². The van der Waals surface area contributed by atoms with Crippen LogP contribution < -0.4 is 0 Å². The molecule has 1 aliphatic heterocycles. The van der Waals surface area contributed by atoms with Crippen LogP contribution in [0.2, 0.25) is 0 Å². The zero-order chi connectivity index (χ0) is 15.0. The Bertz CT molecular complexity index is 665. The van der Waals surface area contributed by atoms with Gasteiger partial charge in [-0.05, 0) is 20.2 Å². The van der Waals surface area contributed by atoms with Gasteiger partial charge in [0.25, 0.3) is 0 Å². The number of nitrogens with zero attached hydrogens (tertiary/aromatic N) is 3. The summed E-state index contributed by atoms with van der Waals surface area (Å²) in [6.45, 7) is 1.68. The minimum atomic E-state index is 0.142. The Kier molecular flexibility index (Phi) is 3.95. The average Bonchev–Trinajstić information content (AvgIpc) is 2.98. The topological polar surface area (TPSA) is 28.5 Å². The quantitative estimate of drug-likeness (QED) is 0.868. The van der Waals surface area contributed by atoms with E-state index in [1.807, 2.05) is 19.0 Å². The zero-order valence-electron chi connectivity index (χ0n) is 12.7. The molecule has 0 radical (unpaired) electrons. The third kappa shape index (κ3) is 2.68. The number of carbonyl (C=O) groups excluding carboxylic acids is 1. The molecule has 1 aliphatic rings. The van der Waals surface area contributed by atoms with Crippen molar-refractivity contribution in [3.63, 3.8) is 0 Å². The smallest absolute Gasteiger partial charge is 0.233 e. The van der Waals surface area contributed by atoms with Crippen molar-refractivity contribution in [3.05, 3.63) is 36.0 Å². The Morgan fingerprint density at radius 1 is 1.33 bits per heavy atom. The van der Waals surface area contributed by atoms with E-state index in [1.165, 1.54) is 16.5 Å². The van der Waals surface area contributed by atoms with E-state index >= 15 is 0 Å². The van der Waals surface area contributed by atoms with Gasteiger partial charge in [-0.1, -0.05) is 18.2 Å². The molecule has 1 saturated heterocycles. The summed E-state index contributed by atoms with van der Waals surface area (Å²) in [5, 5.41) is 1.39. The van der Waals surface area contributed by atoms with Gasteiger partial charge < -0.3 is 14.4 Å². The largest absolute Gasteiger partial charge is 0.350 e. The molecule has 2 heterocycles. The van der Waals surface area contributed by atoms with Gasteiger partial charge in [0, 0.05) is 42.8 Å². The molecule has 4 nitrogen and oxygen atoms in total. The van der Waals surface area contributed by atoms with E-state index in [1.54, 1.807) is 11.8 Å². The third-order valence-corrected chi connectivity index (χ3v) is 5.19. The molecule has 2 aromatic rings. The summed E-state index contributed by atoms with van der Waals surface area (Å²) in [5.41, 5.74) is 2.47. The Hall–Kier alpha value is -1.46. The van der Waals surface area contributed by atoms with Crippen LogP contribution in [0.1, 0.15) is 10.9 Å². The predicted octanol–water partition coefficient (Wildman–Crippen LogP) is 2.31. The number of aromatic nitrogens is 1. The van der Waals surface area contributed by atoms with Gasteiger partial charge in [-0.25, -0.2) is 0 Å². The number of fused-ring (bicyclic) bond motifs is 1. The predicted molar refractivity (Wildman–Crippen MR) is 88.4 cm³/mol. The maximum absolute atomic E-state index is 12.2. The summed E-state index contributed by atoms with van der Waals surface area (Å²) in [5.74, 6) is 0.834. The van der Waals surface area contributed by atoms with Crippen molar-refractivity contribution in [1.82, 2.24) is 14.4 Å². The molecular formula is C16H21N3OS. The maximum atomic E-state index is 12.2. The second kappa shape index (κ2) is 5.73. The number of rotatable bonds is 4. The Morgan fingerprint density at radius 2 is 2.10 bits per heavy atom. The molecular weight excluding hydrogens is 282 g/mol. The van der Waals surface area contributed by atoms with Crippen molar-refractivity contribution in [2.75, 3.05) is 32.9 Å². The van der Waals surface area contributed by atoms with E-state index in [0.29, 0.717) is 5.75 Å². The number of aryl methyl sites for hydroxylation is 1. The number of hydrogen-bond donors (Lipinski definition) is 0. The lowest BCUT2D eigenvalue weighted by molar-refractivity contribution is -0.128. The minimum Gasteiger partial charge on any atom is -0.350 e. The van der Waals surface area contributed by atoms with Crippen LogP contribution in [0.15, 0.2) is 30.5 Å². The van der Waals surface area contributed by atoms with E-state index in [4.69, 9.17) is 0 Å². The molecule has 1 atom stereocenters. The standard InChI is InChI=1S/C16H21N3OS/c1-17(2)8-9-19-15(20)11-21-16(19)13-10-18(3)14-7-5-4-6-12(13)14/h4-7,10,16H,8-9,11H2,1-3H3. The first-order chi connectivity index (χ1) is 10.1. The first kappa shape index (κ1) is 14.5. The lowest BCUT2D eigenvalue weighted by Crippen LogP contribution is -2.34. The van der Waals surface area contributed by atoms with Gasteiger partial charge in [-0.15, -0.1) is 11.8 Å². The highest BCUT2D eigenvalue weighted by molar-refractivity contribution is 8.00. The molecule has 0 spiro atoms. The summed E-state index contributed by atoms with van der Waals surface area (Å²) in [6, 6.07) is 8.41. The number of benzene rings is 1. The van der Waals surface area contributed by atoms with E-state index in [-0.39, 0.29) is 11.3 Å². The Balaban J connectivity index is 1.95. The summed E-state index contributed by atoms with van der Waals surface area (Å²) < 4.78 is 2.15. The maximum Gasteiger partial charge on any atom is 0.233 e. The van der Waals surface area contributed by atoms with E-state index in [2.05, 4.69) is 47.0 Å². The normalized spacial score (nSPS) is 19.1. The van der Waals surface area contributed by atoms with Crippen molar-refractivity contribution >= 4 is 28.6 Å². The average molecular weight is 303 g/mol. The van der Waals surface area contributed by atoms with Crippen LogP contribution >= 0.6 is 11.8 Å². The molecule has 1 aromatic carbocycles. The fourth-order valence-electron chi connectivity index (χ4n) is 2.83. The van der Waals surface area contributed by atoms with Crippen LogP contribution in [0.5, 0.6) is 0 Å². The molecule has 0 aliphatic carbocycles. The highest BCUT2D eigenvalue weighted by Gasteiger charge is 2.34. The Labute approximate surface area is 129 Å². The van der Waals surface area contributed by atoms with Crippen molar-refractivity contribution in [2.24, 2.45) is 7.05 Å². The first-order valence-electron chi connectivity index (χ1n) is 7.17.